The minimum absolute atomic E-state index is 0.00697. The molecule has 0 aliphatic heterocycles. The summed E-state index contributed by atoms with van der Waals surface area (Å²) in [6, 6.07) is -0.274. The SMILES string of the molecule is CC(N(C)C(=O)NC1C2CCC(C2)C1C(=O)O)C(C)(C)C. The Hall–Kier alpha value is -1.26. The van der Waals surface area contributed by atoms with Crippen LogP contribution in [0.4, 0.5) is 4.79 Å². The van der Waals surface area contributed by atoms with Gasteiger partial charge in [0.05, 0.1) is 5.92 Å². The van der Waals surface area contributed by atoms with Gasteiger partial charge < -0.3 is 15.3 Å². The van der Waals surface area contributed by atoms with Gasteiger partial charge in [0.25, 0.3) is 0 Å². The van der Waals surface area contributed by atoms with Gasteiger partial charge in [-0.3, -0.25) is 4.79 Å². The van der Waals surface area contributed by atoms with Crippen LogP contribution in [0.3, 0.4) is 0 Å². The van der Waals surface area contributed by atoms with Gasteiger partial charge >= 0.3 is 12.0 Å². The number of nitrogens with one attached hydrogen (secondary N) is 1. The van der Waals surface area contributed by atoms with Crippen molar-refractivity contribution in [3.8, 4) is 0 Å². The van der Waals surface area contributed by atoms with Gasteiger partial charge in [-0.15, -0.1) is 0 Å². The average molecular weight is 296 g/mol. The van der Waals surface area contributed by atoms with E-state index in [2.05, 4.69) is 26.1 Å². The molecule has 0 spiro atoms. The van der Waals surface area contributed by atoms with Crippen LogP contribution in [0, 0.1) is 23.2 Å². The Morgan fingerprint density at radius 2 is 1.81 bits per heavy atom. The summed E-state index contributed by atoms with van der Waals surface area (Å²) >= 11 is 0. The monoisotopic (exact) mass is 296 g/mol. The van der Waals surface area contributed by atoms with Crippen LogP contribution in [0.25, 0.3) is 0 Å². The van der Waals surface area contributed by atoms with E-state index in [9.17, 15) is 14.7 Å². The highest BCUT2D eigenvalue weighted by Gasteiger charge is 2.51. The Balaban J connectivity index is 2.04. The number of nitrogens with zero attached hydrogens (tertiary/aromatic N) is 1. The van der Waals surface area contributed by atoms with Crippen LogP contribution in [-0.2, 0) is 4.79 Å². The van der Waals surface area contributed by atoms with Crippen molar-refractivity contribution < 1.29 is 14.7 Å². The number of aliphatic carboxylic acids is 1. The summed E-state index contributed by atoms with van der Waals surface area (Å²) in [4.78, 5) is 25.6. The van der Waals surface area contributed by atoms with Gasteiger partial charge in [0.1, 0.15) is 0 Å². The third-order valence-electron chi connectivity index (χ3n) is 5.65. The molecule has 2 amide bonds. The Kier molecular flexibility index (Phi) is 4.22. The highest BCUT2D eigenvalue weighted by atomic mass is 16.4. The lowest BCUT2D eigenvalue weighted by molar-refractivity contribution is -0.144. The number of amides is 2. The molecule has 2 N–H and O–H groups in total. The number of hydrogen-bond acceptors (Lipinski definition) is 2. The van der Waals surface area contributed by atoms with E-state index in [1.54, 1.807) is 11.9 Å². The molecule has 2 bridgehead atoms. The van der Waals surface area contributed by atoms with Gasteiger partial charge in [0.2, 0.25) is 0 Å². The van der Waals surface area contributed by atoms with Crippen LogP contribution in [0.2, 0.25) is 0 Å². The summed E-state index contributed by atoms with van der Waals surface area (Å²) in [7, 11) is 1.79. The molecule has 0 saturated heterocycles. The number of fused-ring (bicyclic) bond motifs is 2. The predicted octanol–water partition coefficient (Wildman–Crippen LogP) is 2.56. The quantitative estimate of drug-likeness (QED) is 0.841. The number of carbonyl (C=O) groups excluding carboxylic acids is 1. The molecule has 21 heavy (non-hydrogen) atoms. The average Bonchev–Trinajstić information content (AvgIpc) is 2.96. The fourth-order valence-electron chi connectivity index (χ4n) is 3.86. The van der Waals surface area contributed by atoms with Crippen molar-refractivity contribution in [2.45, 2.75) is 59.0 Å². The van der Waals surface area contributed by atoms with Crippen molar-refractivity contribution in [1.29, 1.82) is 0 Å². The lowest BCUT2D eigenvalue weighted by Crippen LogP contribution is -2.54. The number of carboxylic acid groups (broad SMARTS) is 1. The fraction of sp³-hybridized carbons (Fsp3) is 0.875. The third-order valence-corrected chi connectivity index (χ3v) is 5.65. The molecule has 0 heterocycles. The van der Waals surface area contributed by atoms with Crippen LogP contribution in [0.15, 0.2) is 0 Å². The summed E-state index contributed by atoms with van der Waals surface area (Å²) in [6.07, 6.45) is 2.97. The summed E-state index contributed by atoms with van der Waals surface area (Å²) in [5.74, 6) is -0.605. The summed E-state index contributed by atoms with van der Waals surface area (Å²) in [6.45, 7) is 8.31. The molecule has 0 aromatic rings. The maximum atomic E-state index is 12.5. The van der Waals surface area contributed by atoms with Crippen molar-refractivity contribution >= 4 is 12.0 Å². The Morgan fingerprint density at radius 1 is 1.24 bits per heavy atom. The summed E-state index contributed by atoms with van der Waals surface area (Å²) < 4.78 is 0. The van der Waals surface area contributed by atoms with Crippen LogP contribution in [0.5, 0.6) is 0 Å². The maximum absolute atomic E-state index is 12.5. The molecule has 2 aliphatic carbocycles. The van der Waals surface area contributed by atoms with Gasteiger partial charge in [-0.05, 0) is 43.4 Å². The first kappa shape index (κ1) is 16.1. The van der Waals surface area contributed by atoms with Gasteiger partial charge in [-0.1, -0.05) is 20.8 Å². The summed E-state index contributed by atoms with van der Waals surface area (Å²) in [5, 5.41) is 12.4. The highest BCUT2D eigenvalue weighted by Crippen LogP contribution is 2.48. The molecule has 5 heteroatoms. The fourth-order valence-corrected chi connectivity index (χ4v) is 3.86. The zero-order valence-electron chi connectivity index (χ0n) is 13.7. The number of carboxylic acids is 1. The number of rotatable bonds is 3. The van der Waals surface area contributed by atoms with Crippen molar-refractivity contribution in [2.75, 3.05) is 7.05 Å². The van der Waals surface area contributed by atoms with Gasteiger partial charge in [-0.25, -0.2) is 4.79 Å². The molecular weight excluding hydrogens is 268 g/mol. The highest BCUT2D eigenvalue weighted by molar-refractivity contribution is 5.77. The molecule has 5 unspecified atom stereocenters. The first-order chi connectivity index (χ1) is 9.62. The maximum Gasteiger partial charge on any atom is 0.317 e. The van der Waals surface area contributed by atoms with Crippen LogP contribution < -0.4 is 5.32 Å². The van der Waals surface area contributed by atoms with Crippen molar-refractivity contribution in [2.24, 2.45) is 23.2 Å². The van der Waals surface area contributed by atoms with Crippen molar-refractivity contribution in [3.05, 3.63) is 0 Å². The first-order valence-electron chi connectivity index (χ1n) is 7.89. The van der Waals surface area contributed by atoms with Crippen LogP contribution in [0.1, 0.15) is 47.0 Å². The normalized spacial score (nSPS) is 32.8. The molecule has 2 fully saturated rings. The van der Waals surface area contributed by atoms with E-state index in [4.69, 9.17) is 0 Å². The van der Waals surface area contributed by atoms with E-state index in [0.29, 0.717) is 5.92 Å². The summed E-state index contributed by atoms with van der Waals surface area (Å²) in [5.41, 5.74) is -0.00697. The number of hydrogen-bond donors (Lipinski definition) is 2. The molecule has 120 valence electrons. The zero-order chi connectivity index (χ0) is 15.9. The second kappa shape index (κ2) is 5.50. The molecule has 5 nitrogen and oxygen atoms in total. The van der Waals surface area contributed by atoms with Crippen LogP contribution in [-0.4, -0.2) is 41.1 Å². The number of carbonyl (C=O) groups is 2. The van der Waals surface area contributed by atoms with E-state index in [1.165, 1.54) is 0 Å². The van der Waals surface area contributed by atoms with Gasteiger partial charge in [0.15, 0.2) is 0 Å². The topological polar surface area (TPSA) is 69.6 Å². The Bertz CT molecular complexity index is 430. The molecule has 0 radical (unpaired) electrons. The van der Waals surface area contributed by atoms with E-state index < -0.39 is 11.9 Å². The predicted molar refractivity (Wildman–Crippen MR) is 81.0 cm³/mol. The third kappa shape index (κ3) is 3.01. The van der Waals surface area contributed by atoms with Crippen molar-refractivity contribution in [1.82, 2.24) is 10.2 Å². The van der Waals surface area contributed by atoms with E-state index in [-0.39, 0.29) is 29.4 Å². The van der Waals surface area contributed by atoms with Gasteiger partial charge in [-0.2, -0.15) is 0 Å². The Morgan fingerprint density at radius 3 is 2.33 bits per heavy atom. The molecule has 2 aliphatic rings. The molecule has 2 rings (SSSR count). The molecule has 0 aromatic heterocycles. The minimum atomic E-state index is -0.765. The first-order valence-corrected chi connectivity index (χ1v) is 7.89. The molecule has 5 atom stereocenters. The van der Waals surface area contributed by atoms with Gasteiger partial charge in [0, 0.05) is 19.1 Å². The van der Waals surface area contributed by atoms with Crippen molar-refractivity contribution in [3.63, 3.8) is 0 Å². The molecular formula is C16H28N2O3. The standard InChI is InChI=1S/C16H28N2O3/c1-9(16(2,3)4)18(5)15(21)17-13-11-7-6-10(8-11)12(13)14(19)20/h9-13H,6-8H2,1-5H3,(H,17,21)(H,19,20). The molecule has 0 aromatic carbocycles. The van der Waals surface area contributed by atoms with E-state index in [0.717, 1.165) is 19.3 Å². The zero-order valence-corrected chi connectivity index (χ0v) is 13.7. The Labute approximate surface area is 127 Å². The largest absolute Gasteiger partial charge is 0.481 e. The minimum Gasteiger partial charge on any atom is -0.481 e. The van der Waals surface area contributed by atoms with Crippen LogP contribution >= 0.6 is 0 Å². The lowest BCUT2D eigenvalue weighted by atomic mass is 9.84. The van der Waals surface area contributed by atoms with E-state index in [1.807, 2.05) is 6.92 Å². The lowest BCUT2D eigenvalue weighted by Gasteiger charge is -2.37. The second-order valence-electron chi connectivity index (χ2n) is 7.83. The second-order valence-corrected chi connectivity index (χ2v) is 7.83. The number of urea groups is 1. The molecule has 2 saturated carbocycles. The van der Waals surface area contributed by atoms with E-state index >= 15 is 0 Å². The smallest absolute Gasteiger partial charge is 0.317 e.